The number of hydrogen-bond acceptors (Lipinski definition) is 4. The van der Waals surface area contributed by atoms with E-state index in [1.54, 1.807) is 23.5 Å². The van der Waals surface area contributed by atoms with Gasteiger partial charge in [-0.2, -0.15) is 0 Å². The molecule has 0 aliphatic heterocycles. The van der Waals surface area contributed by atoms with E-state index in [1.807, 2.05) is 0 Å². The van der Waals surface area contributed by atoms with E-state index in [9.17, 15) is 10.1 Å². The van der Waals surface area contributed by atoms with Crippen molar-refractivity contribution in [2.45, 2.75) is 25.3 Å². The van der Waals surface area contributed by atoms with Gasteiger partial charge in [0, 0.05) is 21.5 Å². The van der Waals surface area contributed by atoms with E-state index in [1.165, 1.54) is 16.5 Å². The number of aryl methyl sites for hydroxylation is 1. The summed E-state index contributed by atoms with van der Waals surface area (Å²) in [4.78, 5) is 11.9. The number of rotatable bonds is 3. The number of nitro benzene ring substituents is 1. The zero-order chi connectivity index (χ0) is 14.1. The van der Waals surface area contributed by atoms with Crippen LogP contribution in [0.3, 0.4) is 0 Å². The summed E-state index contributed by atoms with van der Waals surface area (Å²) in [5, 5.41) is 16.4. The Hall–Kier alpha value is -1.40. The molecule has 1 aliphatic carbocycles. The van der Waals surface area contributed by atoms with E-state index in [2.05, 4.69) is 32.7 Å². The summed E-state index contributed by atoms with van der Waals surface area (Å²) in [7, 11) is 0. The average Bonchev–Trinajstić information content (AvgIpc) is 2.90. The molecule has 1 N–H and O–H groups in total. The van der Waals surface area contributed by atoms with Crippen LogP contribution in [0, 0.1) is 10.1 Å². The standard InChI is InChI=1S/C14H13BrN2O2S/c15-11-5-4-9(17(18)19)8-13(11)16-12-2-1-3-14-10(12)6-7-20-14/h4-8,12,16H,1-3H2. The molecule has 20 heavy (non-hydrogen) atoms. The van der Waals surface area contributed by atoms with Gasteiger partial charge in [-0.05, 0) is 58.3 Å². The number of non-ortho nitro benzene ring substituents is 1. The molecule has 4 nitrogen and oxygen atoms in total. The Labute approximate surface area is 129 Å². The third-order valence-electron chi connectivity index (χ3n) is 3.54. The largest absolute Gasteiger partial charge is 0.377 e. The fourth-order valence-corrected chi connectivity index (χ4v) is 3.91. The van der Waals surface area contributed by atoms with Crippen molar-refractivity contribution in [1.82, 2.24) is 0 Å². The fraction of sp³-hybridized carbons (Fsp3) is 0.286. The van der Waals surface area contributed by atoms with Crippen molar-refractivity contribution in [2.24, 2.45) is 0 Å². The number of halogens is 1. The summed E-state index contributed by atoms with van der Waals surface area (Å²) in [6, 6.07) is 7.21. The quantitative estimate of drug-likeness (QED) is 0.630. The predicted octanol–water partition coefficient (Wildman–Crippen LogP) is 4.91. The number of fused-ring (bicyclic) bond motifs is 1. The van der Waals surface area contributed by atoms with Crippen molar-refractivity contribution in [3.8, 4) is 0 Å². The van der Waals surface area contributed by atoms with E-state index in [0.29, 0.717) is 0 Å². The number of nitrogens with one attached hydrogen (secondary N) is 1. The minimum atomic E-state index is -0.367. The predicted molar refractivity (Wildman–Crippen MR) is 84.4 cm³/mol. The molecular weight excluding hydrogens is 340 g/mol. The molecule has 2 aromatic rings. The lowest BCUT2D eigenvalue weighted by Gasteiger charge is -2.25. The van der Waals surface area contributed by atoms with Crippen LogP contribution in [-0.2, 0) is 6.42 Å². The van der Waals surface area contributed by atoms with Gasteiger partial charge in [-0.15, -0.1) is 11.3 Å². The smallest absolute Gasteiger partial charge is 0.271 e. The highest BCUT2D eigenvalue weighted by atomic mass is 79.9. The van der Waals surface area contributed by atoms with Gasteiger partial charge >= 0.3 is 0 Å². The number of thiophene rings is 1. The Morgan fingerprint density at radius 3 is 3.05 bits per heavy atom. The van der Waals surface area contributed by atoms with Crippen LogP contribution < -0.4 is 5.32 Å². The number of anilines is 1. The third kappa shape index (κ3) is 2.58. The summed E-state index contributed by atoms with van der Waals surface area (Å²) in [5.41, 5.74) is 2.22. The summed E-state index contributed by atoms with van der Waals surface area (Å²) in [6.45, 7) is 0. The highest BCUT2D eigenvalue weighted by Crippen LogP contribution is 2.37. The molecule has 3 rings (SSSR count). The number of benzene rings is 1. The molecule has 1 aliphatic rings. The molecule has 0 fully saturated rings. The van der Waals surface area contributed by atoms with E-state index in [0.717, 1.165) is 29.4 Å². The van der Waals surface area contributed by atoms with Gasteiger partial charge in [0.25, 0.3) is 5.69 Å². The van der Waals surface area contributed by atoms with Gasteiger partial charge in [0.15, 0.2) is 0 Å². The number of hydrogen-bond donors (Lipinski definition) is 1. The van der Waals surface area contributed by atoms with Crippen LogP contribution in [0.4, 0.5) is 11.4 Å². The van der Waals surface area contributed by atoms with E-state index < -0.39 is 0 Å². The van der Waals surface area contributed by atoms with Crippen molar-refractivity contribution in [2.75, 3.05) is 5.32 Å². The van der Waals surface area contributed by atoms with Crippen LogP contribution in [-0.4, -0.2) is 4.92 Å². The summed E-state index contributed by atoms with van der Waals surface area (Å²) in [5.74, 6) is 0. The Bertz CT molecular complexity index is 656. The lowest BCUT2D eigenvalue weighted by molar-refractivity contribution is -0.384. The first kappa shape index (κ1) is 13.6. The maximum Gasteiger partial charge on any atom is 0.271 e. The van der Waals surface area contributed by atoms with Crippen LogP contribution in [0.5, 0.6) is 0 Å². The second-order valence-electron chi connectivity index (χ2n) is 4.81. The van der Waals surface area contributed by atoms with Crippen LogP contribution in [0.25, 0.3) is 0 Å². The molecule has 104 valence electrons. The molecular formula is C14H13BrN2O2S. The first-order chi connectivity index (χ1) is 9.65. The molecule has 0 radical (unpaired) electrons. The first-order valence-electron chi connectivity index (χ1n) is 6.42. The van der Waals surface area contributed by atoms with Crippen molar-refractivity contribution in [3.63, 3.8) is 0 Å². The average molecular weight is 353 g/mol. The Morgan fingerprint density at radius 2 is 2.25 bits per heavy atom. The van der Waals surface area contributed by atoms with Gasteiger partial charge in [0.05, 0.1) is 16.7 Å². The lowest BCUT2D eigenvalue weighted by atomic mass is 9.94. The van der Waals surface area contributed by atoms with Gasteiger partial charge in [0.2, 0.25) is 0 Å². The van der Waals surface area contributed by atoms with Crippen LogP contribution in [0.1, 0.15) is 29.3 Å². The molecule has 0 saturated carbocycles. The summed E-state index contributed by atoms with van der Waals surface area (Å²) >= 11 is 5.25. The molecule has 0 saturated heterocycles. The fourth-order valence-electron chi connectivity index (χ4n) is 2.56. The molecule has 0 bridgehead atoms. The first-order valence-corrected chi connectivity index (χ1v) is 8.09. The molecule has 6 heteroatoms. The van der Waals surface area contributed by atoms with E-state index in [4.69, 9.17) is 0 Å². The normalized spacial score (nSPS) is 17.6. The highest BCUT2D eigenvalue weighted by molar-refractivity contribution is 9.10. The van der Waals surface area contributed by atoms with Crippen LogP contribution >= 0.6 is 27.3 Å². The SMILES string of the molecule is O=[N+]([O-])c1ccc(Br)c(NC2CCCc3sccc32)c1. The summed E-state index contributed by atoms with van der Waals surface area (Å²) in [6.07, 6.45) is 3.35. The molecule has 1 unspecified atom stereocenters. The van der Waals surface area contributed by atoms with Gasteiger partial charge < -0.3 is 5.32 Å². The van der Waals surface area contributed by atoms with Crippen molar-refractivity contribution < 1.29 is 4.92 Å². The van der Waals surface area contributed by atoms with Gasteiger partial charge in [-0.3, -0.25) is 10.1 Å². The van der Waals surface area contributed by atoms with Crippen LogP contribution in [0.2, 0.25) is 0 Å². The van der Waals surface area contributed by atoms with E-state index >= 15 is 0 Å². The maximum absolute atomic E-state index is 10.9. The molecule has 1 atom stereocenters. The van der Waals surface area contributed by atoms with Gasteiger partial charge in [-0.1, -0.05) is 0 Å². The topological polar surface area (TPSA) is 55.2 Å². The minimum Gasteiger partial charge on any atom is -0.377 e. The molecule has 1 aromatic carbocycles. The van der Waals surface area contributed by atoms with Gasteiger partial charge in [-0.25, -0.2) is 0 Å². The van der Waals surface area contributed by atoms with Crippen molar-refractivity contribution >= 4 is 38.6 Å². The second-order valence-corrected chi connectivity index (χ2v) is 6.66. The molecule has 1 heterocycles. The zero-order valence-corrected chi connectivity index (χ0v) is 13.0. The van der Waals surface area contributed by atoms with Crippen molar-refractivity contribution in [1.29, 1.82) is 0 Å². The zero-order valence-electron chi connectivity index (χ0n) is 10.6. The Morgan fingerprint density at radius 1 is 1.40 bits per heavy atom. The van der Waals surface area contributed by atoms with Gasteiger partial charge in [0.1, 0.15) is 0 Å². The van der Waals surface area contributed by atoms with E-state index in [-0.39, 0.29) is 16.7 Å². The van der Waals surface area contributed by atoms with Crippen molar-refractivity contribution in [3.05, 3.63) is 54.7 Å². The number of nitrogens with zero attached hydrogens (tertiary/aromatic N) is 1. The number of nitro groups is 1. The second kappa shape index (κ2) is 5.54. The minimum absolute atomic E-state index is 0.108. The molecule has 0 spiro atoms. The highest BCUT2D eigenvalue weighted by Gasteiger charge is 2.22. The summed E-state index contributed by atoms with van der Waals surface area (Å²) < 4.78 is 0.852. The maximum atomic E-state index is 10.9. The molecule has 0 amide bonds. The monoisotopic (exact) mass is 352 g/mol. The Kier molecular flexibility index (Phi) is 3.76. The third-order valence-corrected chi connectivity index (χ3v) is 5.23. The van der Waals surface area contributed by atoms with Crippen LogP contribution in [0.15, 0.2) is 34.1 Å². The Balaban J connectivity index is 1.89. The lowest BCUT2D eigenvalue weighted by Crippen LogP contribution is -2.15. The molecule has 1 aromatic heterocycles.